The number of nitrogens with zero attached hydrogens (tertiary/aromatic N) is 1. The predicted molar refractivity (Wildman–Crippen MR) is 168 cm³/mol. The van der Waals surface area contributed by atoms with Crippen LogP contribution in [0.1, 0.15) is 101 Å². The first-order chi connectivity index (χ1) is 23.3. The molecule has 5 atom stereocenters. The van der Waals surface area contributed by atoms with Crippen LogP contribution in [0.5, 0.6) is 17.2 Å². The second-order valence-corrected chi connectivity index (χ2v) is 13.1. The zero-order chi connectivity index (χ0) is 35.2. The van der Waals surface area contributed by atoms with E-state index in [9.17, 15) is 39.3 Å². The van der Waals surface area contributed by atoms with Gasteiger partial charge in [0, 0.05) is 42.0 Å². The molecule has 0 amide bonds. The van der Waals surface area contributed by atoms with E-state index in [-0.39, 0.29) is 40.1 Å². The second kappa shape index (κ2) is 13.5. The number of benzene rings is 2. The Morgan fingerprint density at radius 2 is 1.71 bits per heavy atom. The Bertz CT molecular complexity index is 1710. The number of esters is 1. The molecule has 14 nitrogen and oxygen atoms in total. The number of rotatable bonds is 10. The number of fused-ring (bicyclic) bond motifs is 3. The Kier molecular flexibility index (Phi) is 9.50. The first-order valence-electron chi connectivity index (χ1n) is 16.4. The summed E-state index contributed by atoms with van der Waals surface area (Å²) >= 11 is 0. The minimum absolute atomic E-state index is 0.0627. The van der Waals surface area contributed by atoms with Gasteiger partial charge in [-0.15, -0.1) is 0 Å². The number of carbonyl (C=O) groups is 5. The molecule has 2 saturated heterocycles. The summed E-state index contributed by atoms with van der Waals surface area (Å²) in [5.41, 5.74) is -3.69. The lowest BCUT2D eigenvalue weighted by molar-refractivity contribution is -0.233. The number of aliphatic hydroxyl groups is 1. The third kappa shape index (κ3) is 6.41. The molecule has 0 unspecified atom stereocenters. The minimum atomic E-state index is -2.33. The summed E-state index contributed by atoms with van der Waals surface area (Å²) in [5, 5.41) is 44.2. The van der Waals surface area contributed by atoms with Crippen LogP contribution >= 0.6 is 0 Å². The molecule has 2 heterocycles. The molecule has 4 N–H and O–H groups in total. The van der Waals surface area contributed by atoms with Crippen LogP contribution in [0, 0.1) is 0 Å². The number of carbonyl (C=O) groups excluding carboxylic acids is 4. The van der Waals surface area contributed by atoms with Gasteiger partial charge in [0.2, 0.25) is 11.6 Å². The van der Waals surface area contributed by atoms with Gasteiger partial charge >= 0.3 is 11.9 Å². The van der Waals surface area contributed by atoms with Crippen LogP contribution in [0.3, 0.4) is 0 Å². The van der Waals surface area contributed by atoms with E-state index < -0.39 is 102 Å². The van der Waals surface area contributed by atoms with Crippen molar-refractivity contribution in [2.45, 2.75) is 88.4 Å². The zero-order valence-electron chi connectivity index (χ0n) is 27.2. The smallest absolute Gasteiger partial charge is 0.306 e. The molecule has 0 spiro atoms. The molecule has 4 aliphatic rings. The molecule has 2 aromatic rings. The van der Waals surface area contributed by atoms with Gasteiger partial charge < -0.3 is 44.3 Å². The van der Waals surface area contributed by atoms with Crippen LogP contribution in [-0.4, -0.2) is 105 Å². The van der Waals surface area contributed by atoms with Crippen molar-refractivity contribution in [3.63, 3.8) is 0 Å². The van der Waals surface area contributed by atoms with Crippen molar-refractivity contribution >= 4 is 29.3 Å². The van der Waals surface area contributed by atoms with Crippen molar-refractivity contribution in [1.29, 1.82) is 0 Å². The quantitative estimate of drug-likeness (QED) is 0.179. The highest BCUT2D eigenvalue weighted by molar-refractivity contribution is 6.31. The summed E-state index contributed by atoms with van der Waals surface area (Å²) in [6.45, 7) is 2.85. The molecule has 0 bridgehead atoms. The van der Waals surface area contributed by atoms with Crippen LogP contribution in [0.4, 0.5) is 0 Å². The fraction of sp³-hybridized carbons (Fsp3) is 0.514. The number of hydrogen-bond acceptors (Lipinski definition) is 13. The number of aliphatic carboxylic acids is 1. The SMILES string of the molecule is COc1cccc2c1C(=O)c1c(O)c3c(c(O)c1C2=O)C[C@@](O)(C(=O)COC(=O)CCC(=O)O)C[C@@H]3O[C@H]1C[C@H](N2CCCC2)C[C@H](C)O1. The van der Waals surface area contributed by atoms with E-state index in [1.807, 2.05) is 6.92 Å². The fourth-order valence-corrected chi connectivity index (χ4v) is 7.56. The predicted octanol–water partition coefficient (Wildman–Crippen LogP) is 2.58. The highest BCUT2D eigenvalue weighted by Crippen LogP contribution is 2.52. The van der Waals surface area contributed by atoms with Crippen LogP contribution in [0.15, 0.2) is 18.2 Å². The average Bonchev–Trinajstić information content (AvgIpc) is 3.61. The van der Waals surface area contributed by atoms with Crippen molar-refractivity contribution < 1.29 is 63.3 Å². The monoisotopic (exact) mass is 681 g/mol. The van der Waals surface area contributed by atoms with Crippen LogP contribution in [0.25, 0.3) is 0 Å². The second-order valence-electron chi connectivity index (χ2n) is 13.1. The molecule has 262 valence electrons. The molecule has 49 heavy (non-hydrogen) atoms. The summed E-state index contributed by atoms with van der Waals surface area (Å²) in [5.74, 6) is -5.96. The van der Waals surface area contributed by atoms with Crippen molar-refractivity contribution in [3.8, 4) is 17.2 Å². The third-order valence-electron chi connectivity index (χ3n) is 9.93. The molecule has 0 aromatic heterocycles. The number of aromatic hydroxyl groups is 2. The molecule has 6 rings (SSSR count). The number of Topliss-reactive ketones (excluding diaryl/α,β-unsaturated/α-hetero) is 1. The van der Waals surface area contributed by atoms with E-state index >= 15 is 0 Å². The number of phenolic OH excluding ortho intramolecular Hbond substituents is 2. The average molecular weight is 682 g/mol. The Morgan fingerprint density at radius 1 is 1.00 bits per heavy atom. The summed E-state index contributed by atoms with van der Waals surface area (Å²) in [4.78, 5) is 66.5. The van der Waals surface area contributed by atoms with E-state index in [1.165, 1.54) is 25.3 Å². The molecular formula is C35H39NO13. The number of methoxy groups -OCH3 is 1. The Morgan fingerprint density at radius 3 is 2.41 bits per heavy atom. The number of ether oxygens (including phenoxy) is 4. The molecule has 2 fully saturated rings. The first-order valence-corrected chi connectivity index (χ1v) is 16.4. The third-order valence-corrected chi connectivity index (χ3v) is 9.93. The number of hydrogen-bond donors (Lipinski definition) is 4. The molecule has 0 radical (unpaired) electrons. The lowest BCUT2D eigenvalue weighted by Gasteiger charge is -2.43. The van der Waals surface area contributed by atoms with Crippen molar-refractivity contribution in [3.05, 3.63) is 51.6 Å². The normalized spacial score (nSPS) is 26.4. The molecule has 0 saturated carbocycles. The van der Waals surface area contributed by atoms with E-state index in [1.54, 1.807) is 0 Å². The summed E-state index contributed by atoms with van der Waals surface area (Å²) in [6, 6.07) is 4.51. The standard InChI is InChI=1S/C35H39NO13/c1-17-12-18(36-10-3-4-11-36)13-26(48-17)49-22-15-35(45,23(37)16-47-25(40)9-8-24(38)39)14-20-28(22)34(44)30-29(32(20)42)31(41)19-6-5-7-21(46-2)27(19)33(30)43/h5-7,17-18,22,26,42,44-45H,3-4,8-16H2,1-2H3,(H,38,39)/t17-,18+,22-,26-,35-/m0/s1. The van der Waals surface area contributed by atoms with E-state index in [0.717, 1.165) is 32.4 Å². The van der Waals surface area contributed by atoms with Crippen molar-refractivity contribution in [2.24, 2.45) is 0 Å². The van der Waals surface area contributed by atoms with Crippen molar-refractivity contribution in [1.82, 2.24) is 4.90 Å². The topological polar surface area (TPSA) is 206 Å². The van der Waals surface area contributed by atoms with E-state index in [4.69, 9.17) is 24.1 Å². The molecular weight excluding hydrogens is 642 g/mol. The number of likely N-dealkylation sites (tertiary alicyclic amines) is 1. The van der Waals surface area contributed by atoms with E-state index in [2.05, 4.69) is 4.90 Å². The van der Waals surface area contributed by atoms with Crippen LogP contribution < -0.4 is 4.74 Å². The summed E-state index contributed by atoms with van der Waals surface area (Å²) < 4.78 is 22.9. The number of carboxylic acids is 1. The lowest BCUT2D eigenvalue weighted by atomic mass is 9.72. The van der Waals surface area contributed by atoms with Crippen LogP contribution in [-0.2, 0) is 35.0 Å². The van der Waals surface area contributed by atoms with Gasteiger partial charge in [0.1, 0.15) is 22.8 Å². The van der Waals surface area contributed by atoms with E-state index in [0.29, 0.717) is 6.42 Å². The summed E-state index contributed by atoms with van der Waals surface area (Å²) in [6.07, 6.45) is -1.18. The molecule has 2 aliphatic carbocycles. The Balaban J connectivity index is 1.40. The maximum Gasteiger partial charge on any atom is 0.306 e. The maximum atomic E-state index is 13.9. The first kappa shape index (κ1) is 34.5. The van der Waals surface area contributed by atoms with Gasteiger partial charge in [-0.05, 0) is 45.3 Å². The number of ketones is 3. The minimum Gasteiger partial charge on any atom is -0.507 e. The maximum absolute atomic E-state index is 13.9. The largest absolute Gasteiger partial charge is 0.507 e. The Labute approximate surface area is 281 Å². The number of carboxylic acid groups (broad SMARTS) is 1. The van der Waals surface area contributed by atoms with Gasteiger partial charge in [-0.2, -0.15) is 0 Å². The van der Waals surface area contributed by atoms with Crippen molar-refractivity contribution in [2.75, 3.05) is 26.8 Å². The zero-order valence-corrected chi connectivity index (χ0v) is 27.2. The Hall–Kier alpha value is -4.37. The fourth-order valence-electron chi connectivity index (χ4n) is 7.56. The molecule has 2 aliphatic heterocycles. The van der Waals surface area contributed by atoms with Gasteiger partial charge in [-0.25, -0.2) is 0 Å². The number of phenols is 2. The lowest BCUT2D eigenvalue weighted by Crippen LogP contribution is -2.49. The highest BCUT2D eigenvalue weighted by Gasteiger charge is 2.50. The van der Waals surface area contributed by atoms with Gasteiger partial charge in [0.05, 0.1) is 48.8 Å². The molecule has 14 heteroatoms. The summed E-state index contributed by atoms with van der Waals surface area (Å²) in [7, 11) is 1.33. The highest BCUT2D eigenvalue weighted by atomic mass is 16.7. The molecule has 2 aromatic carbocycles. The van der Waals surface area contributed by atoms with Crippen LogP contribution in [0.2, 0.25) is 0 Å². The van der Waals surface area contributed by atoms with Gasteiger partial charge in [-0.3, -0.25) is 24.0 Å². The van der Waals surface area contributed by atoms with Gasteiger partial charge in [-0.1, -0.05) is 12.1 Å². The van der Waals surface area contributed by atoms with Gasteiger partial charge in [0.15, 0.2) is 18.7 Å². The van der Waals surface area contributed by atoms with Gasteiger partial charge in [0.25, 0.3) is 0 Å².